The second-order valence-electron chi connectivity index (χ2n) is 18.4. The Bertz CT molecular complexity index is 1330. The number of aliphatic hydroxyl groups excluding tert-OH is 1. The van der Waals surface area contributed by atoms with Gasteiger partial charge in [-0.1, -0.05) is 191 Å². The van der Waals surface area contributed by atoms with Gasteiger partial charge in [0.05, 0.1) is 19.8 Å². The van der Waals surface area contributed by atoms with E-state index < -0.39 is 57.8 Å². The zero-order valence-electron chi connectivity index (χ0n) is 43.6. The summed E-state index contributed by atoms with van der Waals surface area (Å²) in [5.74, 6) is -1.49. The number of carbonyl (C=O) groups is 3. The molecule has 0 saturated heterocycles. The van der Waals surface area contributed by atoms with Crippen molar-refractivity contribution >= 4 is 25.7 Å². The van der Waals surface area contributed by atoms with Crippen LogP contribution >= 0.6 is 7.82 Å². The van der Waals surface area contributed by atoms with E-state index in [1.165, 1.54) is 77.0 Å². The van der Waals surface area contributed by atoms with Gasteiger partial charge in [-0.05, 0) is 89.9 Å². The average Bonchev–Trinajstić information content (AvgIpc) is 3.32. The van der Waals surface area contributed by atoms with Gasteiger partial charge in [-0.25, -0.2) is 4.57 Å². The number of phosphoric ester groups is 1. The Labute approximate surface area is 415 Å². The summed E-state index contributed by atoms with van der Waals surface area (Å²) in [4.78, 5) is 48.4. The first-order valence-corrected chi connectivity index (χ1v) is 29.0. The summed E-state index contributed by atoms with van der Waals surface area (Å²) < 4.78 is 39.4. The van der Waals surface area contributed by atoms with E-state index in [1.54, 1.807) is 0 Å². The summed E-state index contributed by atoms with van der Waals surface area (Å²) in [6.45, 7) is 4.51. The van der Waals surface area contributed by atoms with Gasteiger partial charge in [0, 0.05) is 19.3 Å². The van der Waals surface area contributed by atoms with Crippen molar-refractivity contribution in [2.24, 2.45) is 0 Å². The smallest absolute Gasteiger partial charge is 0.462 e. The van der Waals surface area contributed by atoms with Crippen molar-refractivity contribution in [3.63, 3.8) is 0 Å². The molecule has 0 rings (SSSR count). The molecule has 3 atom stereocenters. The molecule has 11 nitrogen and oxygen atoms in total. The number of ether oxygens (including phenoxy) is 3. The van der Waals surface area contributed by atoms with Crippen molar-refractivity contribution in [2.75, 3.05) is 26.4 Å². The number of hydrogen-bond acceptors (Lipinski definition) is 10. The Morgan fingerprint density at radius 2 is 0.765 bits per heavy atom. The lowest BCUT2D eigenvalue weighted by Gasteiger charge is -2.21. The Morgan fingerprint density at radius 1 is 0.412 bits per heavy atom. The minimum absolute atomic E-state index is 0.151. The highest BCUT2D eigenvalue weighted by Gasteiger charge is 2.28. The van der Waals surface area contributed by atoms with Gasteiger partial charge in [-0.2, -0.15) is 0 Å². The number of aliphatic hydroxyl groups is 1. The van der Waals surface area contributed by atoms with Crippen LogP contribution in [0.3, 0.4) is 0 Å². The van der Waals surface area contributed by atoms with E-state index in [-0.39, 0.29) is 25.9 Å². The third-order valence-electron chi connectivity index (χ3n) is 11.7. The first kappa shape index (κ1) is 65.4. The maximum Gasteiger partial charge on any atom is 0.472 e. The average molecular weight is 981 g/mol. The van der Waals surface area contributed by atoms with E-state index in [1.807, 2.05) is 0 Å². The van der Waals surface area contributed by atoms with E-state index in [0.29, 0.717) is 19.3 Å². The van der Waals surface area contributed by atoms with E-state index in [4.69, 9.17) is 23.3 Å². The standard InChI is InChI=1S/C56H101O11P/c1-4-7-10-13-16-19-22-24-25-26-27-29-31-33-36-39-42-45-54(58)63-49-53(67-56(60)47-44-41-38-35-32-28-23-20-17-14-11-8-5-2)51-65-68(61,62)64-50-52(48-57)66-55(59)46-43-40-37-34-30-21-18-15-12-9-6-3/h11,14-15,18,20,23-25,52-53,57H,4-10,12-13,16-17,19,21-22,26-51H2,1-3H3,(H,61,62)/b14-11-,18-15-,23-20-,25-24-. The van der Waals surface area contributed by atoms with E-state index >= 15 is 0 Å². The largest absolute Gasteiger partial charge is 0.472 e. The summed E-state index contributed by atoms with van der Waals surface area (Å²) in [6, 6.07) is 0. The van der Waals surface area contributed by atoms with Crippen molar-refractivity contribution in [1.29, 1.82) is 0 Å². The number of carbonyl (C=O) groups excluding carboxylic acids is 3. The van der Waals surface area contributed by atoms with Crippen LogP contribution in [-0.2, 0) is 42.2 Å². The molecular weight excluding hydrogens is 880 g/mol. The molecule has 68 heavy (non-hydrogen) atoms. The molecule has 0 amide bonds. The first-order chi connectivity index (χ1) is 33.2. The van der Waals surface area contributed by atoms with Gasteiger partial charge in [-0.15, -0.1) is 0 Å². The van der Waals surface area contributed by atoms with Crippen LogP contribution in [0.5, 0.6) is 0 Å². The topological polar surface area (TPSA) is 155 Å². The zero-order chi connectivity index (χ0) is 49.9. The molecule has 0 aromatic rings. The lowest BCUT2D eigenvalue weighted by Crippen LogP contribution is -2.30. The molecule has 0 aromatic heterocycles. The number of esters is 3. The van der Waals surface area contributed by atoms with Crippen molar-refractivity contribution in [2.45, 2.75) is 264 Å². The molecule has 12 heteroatoms. The lowest BCUT2D eigenvalue weighted by molar-refractivity contribution is -0.161. The zero-order valence-corrected chi connectivity index (χ0v) is 44.5. The molecule has 0 heterocycles. The summed E-state index contributed by atoms with van der Waals surface area (Å²) in [5, 5.41) is 9.77. The molecule has 0 aliphatic heterocycles. The van der Waals surface area contributed by atoms with Crippen LogP contribution in [0.4, 0.5) is 0 Å². The fourth-order valence-corrected chi connectivity index (χ4v) is 8.21. The number of hydrogen-bond donors (Lipinski definition) is 2. The molecule has 0 bridgehead atoms. The Hall–Kier alpha value is -2.56. The highest BCUT2D eigenvalue weighted by molar-refractivity contribution is 7.47. The second-order valence-corrected chi connectivity index (χ2v) is 19.8. The molecular formula is C56H101O11P. The Kier molecular flexibility index (Phi) is 48.9. The molecule has 0 aromatic carbocycles. The number of allylic oxidation sites excluding steroid dienone is 8. The van der Waals surface area contributed by atoms with Gasteiger partial charge in [0.2, 0.25) is 0 Å². The van der Waals surface area contributed by atoms with Crippen LogP contribution in [0.1, 0.15) is 252 Å². The molecule has 2 N–H and O–H groups in total. The van der Waals surface area contributed by atoms with Crippen molar-refractivity contribution < 1.29 is 52.2 Å². The van der Waals surface area contributed by atoms with E-state index in [2.05, 4.69) is 69.4 Å². The van der Waals surface area contributed by atoms with Gasteiger partial charge in [0.25, 0.3) is 0 Å². The van der Waals surface area contributed by atoms with Crippen molar-refractivity contribution in [1.82, 2.24) is 0 Å². The SMILES string of the molecule is CCC/C=C\C/C=C\CCCCCCCC(=O)OC(COC(=O)CCCCCCCCC/C=C\CCCCCCCC)COP(=O)(O)OCC(CO)OC(=O)CCCCCCC/C=C\CCCC. The van der Waals surface area contributed by atoms with E-state index in [9.17, 15) is 28.9 Å². The van der Waals surface area contributed by atoms with Crippen LogP contribution in [0.25, 0.3) is 0 Å². The summed E-state index contributed by atoms with van der Waals surface area (Å²) in [5.41, 5.74) is 0. The molecule has 0 saturated carbocycles. The van der Waals surface area contributed by atoms with Crippen LogP contribution < -0.4 is 0 Å². The third-order valence-corrected chi connectivity index (χ3v) is 12.6. The number of rotatable bonds is 51. The van der Waals surface area contributed by atoms with Crippen molar-refractivity contribution in [3.05, 3.63) is 48.6 Å². The predicted molar refractivity (Wildman–Crippen MR) is 279 cm³/mol. The summed E-state index contributed by atoms with van der Waals surface area (Å²) >= 11 is 0. The molecule has 0 aliphatic rings. The quantitative estimate of drug-likeness (QED) is 0.0197. The van der Waals surface area contributed by atoms with Crippen molar-refractivity contribution in [3.8, 4) is 0 Å². The lowest BCUT2D eigenvalue weighted by atomic mass is 10.1. The monoisotopic (exact) mass is 981 g/mol. The Balaban J connectivity index is 4.73. The highest BCUT2D eigenvalue weighted by atomic mass is 31.2. The molecule has 0 aliphatic carbocycles. The maximum atomic E-state index is 12.9. The maximum absolute atomic E-state index is 12.9. The first-order valence-electron chi connectivity index (χ1n) is 27.5. The highest BCUT2D eigenvalue weighted by Crippen LogP contribution is 2.43. The number of phosphoric acid groups is 1. The van der Waals surface area contributed by atoms with E-state index in [0.717, 1.165) is 116 Å². The molecule has 0 fully saturated rings. The third kappa shape index (κ3) is 48.5. The normalized spacial score (nSPS) is 13.8. The van der Waals surface area contributed by atoms with Crippen LogP contribution in [0.2, 0.25) is 0 Å². The van der Waals surface area contributed by atoms with Gasteiger partial charge < -0.3 is 24.2 Å². The summed E-state index contributed by atoms with van der Waals surface area (Å²) in [7, 11) is -4.75. The molecule has 396 valence electrons. The fourth-order valence-electron chi connectivity index (χ4n) is 7.43. The Morgan fingerprint density at radius 3 is 1.21 bits per heavy atom. The molecule has 3 unspecified atom stereocenters. The molecule has 0 radical (unpaired) electrons. The van der Waals surface area contributed by atoms with Gasteiger partial charge in [0.15, 0.2) is 6.10 Å². The molecule has 0 spiro atoms. The minimum Gasteiger partial charge on any atom is -0.462 e. The van der Waals surface area contributed by atoms with Gasteiger partial charge in [-0.3, -0.25) is 23.4 Å². The second kappa shape index (κ2) is 50.8. The minimum atomic E-state index is -4.75. The number of unbranched alkanes of at least 4 members (excludes halogenated alkanes) is 26. The van der Waals surface area contributed by atoms with Gasteiger partial charge in [0.1, 0.15) is 12.7 Å². The van der Waals surface area contributed by atoms with Gasteiger partial charge >= 0.3 is 25.7 Å². The van der Waals surface area contributed by atoms with Crippen LogP contribution in [0.15, 0.2) is 48.6 Å². The predicted octanol–water partition coefficient (Wildman–Crippen LogP) is 15.8. The fraction of sp³-hybridized carbons (Fsp3) is 0.804. The summed E-state index contributed by atoms with van der Waals surface area (Å²) in [6.07, 6.45) is 52.2. The van der Waals surface area contributed by atoms with Crippen LogP contribution in [-0.4, -0.2) is 66.5 Å². The van der Waals surface area contributed by atoms with Crippen LogP contribution in [0, 0.1) is 0 Å².